The van der Waals surface area contributed by atoms with Crippen molar-refractivity contribution in [3.05, 3.63) is 70.3 Å². The summed E-state index contributed by atoms with van der Waals surface area (Å²) in [5, 5.41) is 3.23. The zero-order valence-corrected chi connectivity index (χ0v) is 16.7. The van der Waals surface area contributed by atoms with Crippen LogP contribution in [0.3, 0.4) is 0 Å². The molecule has 1 amide bonds. The van der Waals surface area contributed by atoms with Gasteiger partial charge in [-0.3, -0.25) is 4.79 Å². The topological polar surface area (TPSA) is 29.1 Å². The highest BCUT2D eigenvalue weighted by molar-refractivity contribution is 7.99. The highest BCUT2D eigenvalue weighted by Gasteiger charge is 2.16. The van der Waals surface area contributed by atoms with Gasteiger partial charge in [0, 0.05) is 5.75 Å². The molecule has 0 heterocycles. The van der Waals surface area contributed by atoms with Gasteiger partial charge in [0.15, 0.2) is 0 Å². The van der Waals surface area contributed by atoms with Crippen molar-refractivity contribution in [2.24, 2.45) is 0 Å². The second-order valence-electron chi connectivity index (χ2n) is 7.25. The van der Waals surface area contributed by atoms with Gasteiger partial charge in [0.25, 0.3) is 0 Å². The first-order valence-electron chi connectivity index (χ1n) is 9.70. The highest BCUT2D eigenvalue weighted by Crippen LogP contribution is 2.26. The molecule has 2 aromatic carbocycles. The molecule has 0 bridgehead atoms. The Bertz CT molecular complexity index is 756. The number of nitrogens with one attached hydrogen (secondary N) is 1. The summed E-state index contributed by atoms with van der Waals surface area (Å²) in [7, 11) is 0. The van der Waals surface area contributed by atoms with Gasteiger partial charge in [0.05, 0.1) is 11.8 Å². The lowest BCUT2D eigenvalue weighted by molar-refractivity contribution is -0.119. The Kier molecular flexibility index (Phi) is 6.79. The molecule has 0 spiro atoms. The molecule has 138 valence electrons. The van der Waals surface area contributed by atoms with Gasteiger partial charge >= 0.3 is 0 Å². The molecule has 3 rings (SSSR count). The van der Waals surface area contributed by atoms with Crippen molar-refractivity contribution in [2.75, 3.05) is 5.75 Å². The number of hydrogen-bond donors (Lipinski definition) is 1. The van der Waals surface area contributed by atoms with Crippen molar-refractivity contribution in [3.8, 4) is 0 Å². The molecule has 1 N–H and O–H groups in total. The smallest absolute Gasteiger partial charge is 0.230 e. The van der Waals surface area contributed by atoms with E-state index in [-0.39, 0.29) is 11.9 Å². The molecule has 26 heavy (non-hydrogen) atoms. The first-order chi connectivity index (χ1) is 12.7. The Morgan fingerprint density at radius 1 is 1.12 bits per heavy atom. The van der Waals surface area contributed by atoms with Crippen LogP contribution < -0.4 is 5.32 Å². The van der Waals surface area contributed by atoms with E-state index in [1.165, 1.54) is 53.5 Å². The maximum absolute atomic E-state index is 12.4. The molecule has 0 saturated heterocycles. The summed E-state index contributed by atoms with van der Waals surface area (Å²) in [6.07, 6.45) is 5.90. The molecule has 2 aromatic rings. The van der Waals surface area contributed by atoms with Crippen molar-refractivity contribution >= 4 is 17.7 Å². The van der Waals surface area contributed by atoms with Crippen molar-refractivity contribution in [1.29, 1.82) is 0 Å². The largest absolute Gasteiger partial charge is 0.349 e. The monoisotopic (exact) mass is 367 g/mol. The van der Waals surface area contributed by atoms with E-state index in [1.54, 1.807) is 11.8 Å². The number of carbonyl (C=O) groups excluding carboxylic acids is 1. The summed E-state index contributed by atoms with van der Waals surface area (Å²) < 4.78 is 0. The number of rotatable bonds is 7. The lowest BCUT2D eigenvalue weighted by Gasteiger charge is -2.21. The molecule has 2 nitrogen and oxygen atoms in total. The summed E-state index contributed by atoms with van der Waals surface area (Å²) >= 11 is 1.68. The SMILES string of the molecule is CC[C@H](NC(=O)CSCc1cccc(C)c1)c1ccc2c(c1)CCCC2. The zero-order chi connectivity index (χ0) is 18.4. The molecule has 3 heteroatoms. The molecule has 0 saturated carbocycles. The van der Waals surface area contributed by atoms with Crippen molar-refractivity contribution in [2.45, 2.75) is 57.7 Å². The van der Waals surface area contributed by atoms with Gasteiger partial charge in [-0.1, -0.05) is 55.0 Å². The van der Waals surface area contributed by atoms with Crippen LogP contribution in [0.5, 0.6) is 0 Å². The minimum absolute atomic E-state index is 0.120. The fraction of sp³-hybridized carbons (Fsp3) is 0.435. The fourth-order valence-corrected chi connectivity index (χ4v) is 4.48. The van der Waals surface area contributed by atoms with Crippen molar-refractivity contribution < 1.29 is 4.79 Å². The molecule has 0 fully saturated rings. The van der Waals surface area contributed by atoms with E-state index in [4.69, 9.17) is 0 Å². The van der Waals surface area contributed by atoms with Crippen LogP contribution in [0.2, 0.25) is 0 Å². The molecule has 1 atom stereocenters. The van der Waals surface area contributed by atoms with Crippen molar-refractivity contribution in [3.63, 3.8) is 0 Å². The quantitative estimate of drug-likeness (QED) is 0.712. The average molecular weight is 368 g/mol. The van der Waals surface area contributed by atoms with Gasteiger partial charge < -0.3 is 5.32 Å². The average Bonchev–Trinajstić information content (AvgIpc) is 2.66. The molecule has 0 aromatic heterocycles. The summed E-state index contributed by atoms with van der Waals surface area (Å²) in [6, 6.07) is 15.4. The number of benzene rings is 2. The van der Waals surface area contributed by atoms with Crippen LogP contribution in [0, 0.1) is 6.92 Å². The van der Waals surface area contributed by atoms with Crippen LogP contribution in [-0.2, 0) is 23.4 Å². The third-order valence-corrected chi connectivity index (χ3v) is 6.11. The van der Waals surface area contributed by atoms with E-state index in [0.29, 0.717) is 5.75 Å². The molecular weight excluding hydrogens is 338 g/mol. The number of aryl methyl sites for hydroxylation is 3. The minimum Gasteiger partial charge on any atom is -0.349 e. The van der Waals surface area contributed by atoms with Crippen LogP contribution in [-0.4, -0.2) is 11.7 Å². The van der Waals surface area contributed by atoms with E-state index in [2.05, 4.69) is 61.6 Å². The molecule has 1 aliphatic carbocycles. The molecule has 0 aliphatic heterocycles. The lowest BCUT2D eigenvalue weighted by atomic mass is 9.89. The number of thioether (sulfide) groups is 1. The molecule has 0 radical (unpaired) electrons. The van der Waals surface area contributed by atoms with Gasteiger partial charge in [-0.2, -0.15) is 0 Å². The van der Waals surface area contributed by atoms with Crippen LogP contribution in [0.25, 0.3) is 0 Å². The number of hydrogen-bond acceptors (Lipinski definition) is 2. The summed E-state index contributed by atoms with van der Waals surface area (Å²) in [5.74, 6) is 1.52. The third-order valence-electron chi connectivity index (χ3n) is 5.10. The number of fused-ring (bicyclic) bond motifs is 1. The Morgan fingerprint density at radius 2 is 1.92 bits per heavy atom. The van der Waals surface area contributed by atoms with Gasteiger partial charge in [-0.05, 0) is 61.3 Å². The number of amides is 1. The van der Waals surface area contributed by atoms with Crippen LogP contribution in [0.15, 0.2) is 42.5 Å². The van der Waals surface area contributed by atoms with E-state index >= 15 is 0 Å². The summed E-state index contributed by atoms with van der Waals surface area (Å²) in [5.41, 5.74) is 6.78. The van der Waals surface area contributed by atoms with Gasteiger partial charge in [0.2, 0.25) is 5.91 Å². The normalized spacial score (nSPS) is 14.5. The van der Waals surface area contributed by atoms with Gasteiger partial charge in [0.1, 0.15) is 0 Å². The first kappa shape index (κ1) is 19.0. The standard InChI is InChI=1S/C23H29NOS/c1-3-22(21-12-11-19-9-4-5-10-20(19)14-21)24-23(25)16-26-15-18-8-6-7-17(2)13-18/h6-8,11-14,22H,3-5,9-10,15-16H2,1-2H3,(H,24,25)/t22-/m0/s1. The Hall–Kier alpha value is -1.74. The maximum Gasteiger partial charge on any atom is 0.230 e. The molecular formula is C23H29NOS. The van der Waals surface area contributed by atoms with E-state index in [1.807, 2.05) is 0 Å². The van der Waals surface area contributed by atoms with Gasteiger partial charge in [-0.15, -0.1) is 11.8 Å². The summed E-state index contributed by atoms with van der Waals surface area (Å²) in [6.45, 7) is 4.25. The predicted molar refractivity (Wildman–Crippen MR) is 112 cm³/mol. The third kappa shape index (κ3) is 5.14. The van der Waals surface area contributed by atoms with Crippen molar-refractivity contribution in [1.82, 2.24) is 5.32 Å². The van der Waals surface area contributed by atoms with E-state index in [9.17, 15) is 4.79 Å². The second-order valence-corrected chi connectivity index (χ2v) is 8.23. The minimum atomic E-state index is 0.120. The van der Waals surface area contributed by atoms with E-state index < -0.39 is 0 Å². The van der Waals surface area contributed by atoms with Crippen LogP contribution >= 0.6 is 11.8 Å². The number of carbonyl (C=O) groups is 1. The zero-order valence-electron chi connectivity index (χ0n) is 15.9. The molecule has 0 unspecified atom stereocenters. The first-order valence-corrected chi connectivity index (χ1v) is 10.9. The maximum atomic E-state index is 12.4. The summed E-state index contributed by atoms with van der Waals surface area (Å²) in [4.78, 5) is 12.4. The predicted octanol–water partition coefficient (Wildman–Crippen LogP) is 5.37. The Labute approximate surface area is 161 Å². The Balaban J connectivity index is 1.53. The highest BCUT2D eigenvalue weighted by atomic mass is 32.2. The van der Waals surface area contributed by atoms with Crippen LogP contribution in [0.1, 0.15) is 60.0 Å². The van der Waals surface area contributed by atoms with Gasteiger partial charge in [-0.25, -0.2) is 0 Å². The Morgan fingerprint density at radius 3 is 2.69 bits per heavy atom. The van der Waals surface area contributed by atoms with Crippen LogP contribution in [0.4, 0.5) is 0 Å². The van der Waals surface area contributed by atoms with E-state index in [0.717, 1.165) is 12.2 Å². The lowest BCUT2D eigenvalue weighted by Crippen LogP contribution is -2.29. The fourth-order valence-electron chi connectivity index (χ4n) is 3.69. The second kappa shape index (κ2) is 9.27. The molecule has 1 aliphatic rings.